The van der Waals surface area contributed by atoms with Gasteiger partial charge in [-0.15, -0.1) is 6.58 Å². The smallest absolute Gasteiger partial charge is 0.239 e. The fourth-order valence-electron chi connectivity index (χ4n) is 5.28. The van der Waals surface area contributed by atoms with Crippen LogP contribution in [0.1, 0.15) is 31.4 Å². The molecule has 1 saturated heterocycles. The first-order valence-corrected chi connectivity index (χ1v) is 9.90. The predicted molar refractivity (Wildman–Crippen MR) is 111 cm³/mol. The van der Waals surface area contributed by atoms with E-state index in [4.69, 9.17) is 0 Å². The summed E-state index contributed by atoms with van der Waals surface area (Å²) in [5.41, 5.74) is 3.01. The summed E-state index contributed by atoms with van der Waals surface area (Å²) in [5, 5.41) is 0. The van der Waals surface area contributed by atoms with Crippen LogP contribution in [0, 0.1) is 5.92 Å². The SMILES string of the molecule is C=CCN1CC[C@@]2(C(=O)N(Cc3ccccc3)c3ccccc32)[C@H]1C(C)C. The molecule has 2 aliphatic rings. The van der Waals surface area contributed by atoms with E-state index < -0.39 is 5.41 Å². The summed E-state index contributed by atoms with van der Waals surface area (Å²) in [5.74, 6) is 0.652. The first-order chi connectivity index (χ1) is 13.1. The first kappa shape index (κ1) is 18.0. The highest BCUT2D eigenvalue weighted by atomic mass is 16.2. The van der Waals surface area contributed by atoms with Crippen LogP contribution in [0.4, 0.5) is 5.69 Å². The highest BCUT2D eigenvalue weighted by Gasteiger charge is 2.60. The van der Waals surface area contributed by atoms with Gasteiger partial charge in [0.1, 0.15) is 0 Å². The van der Waals surface area contributed by atoms with Gasteiger partial charge in [0.05, 0.1) is 12.0 Å². The number of nitrogens with zero attached hydrogens (tertiary/aromatic N) is 2. The third-order valence-corrected chi connectivity index (χ3v) is 6.17. The molecule has 2 atom stereocenters. The van der Waals surface area contributed by atoms with Crippen LogP contribution in [-0.2, 0) is 16.8 Å². The Kier molecular flexibility index (Phi) is 4.65. The van der Waals surface area contributed by atoms with E-state index in [1.165, 1.54) is 11.1 Å². The number of rotatable bonds is 5. The van der Waals surface area contributed by atoms with Gasteiger partial charge in [0.2, 0.25) is 5.91 Å². The van der Waals surface area contributed by atoms with Gasteiger partial charge < -0.3 is 4.90 Å². The predicted octanol–water partition coefficient (Wildman–Crippen LogP) is 4.39. The molecule has 2 aromatic rings. The van der Waals surface area contributed by atoms with Crippen LogP contribution in [0.5, 0.6) is 0 Å². The maximum atomic E-state index is 13.9. The van der Waals surface area contributed by atoms with Gasteiger partial charge in [0.15, 0.2) is 0 Å². The normalized spacial score (nSPS) is 24.8. The number of likely N-dealkylation sites (tertiary alicyclic amines) is 1. The number of fused-ring (bicyclic) bond motifs is 2. The van der Waals surface area contributed by atoms with Crippen LogP contribution in [0.3, 0.4) is 0 Å². The average molecular weight is 361 g/mol. The number of hydrogen-bond acceptors (Lipinski definition) is 2. The van der Waals surface area contributed by atoms with E-state index in [1.54, 1.807) is 0 Å². The topological polar surface area (TPSA) is 23.6 Å². The van der Waals surface area contributed by atoms with Crippen molar-refractivity contribution in [3.8, 4) is 0 Å². The van der Waals surface area contributed by atoms with Gasteiger partial charge in [-0.1, -0.05) is 68.5 Å². The Balaban J connectivity index is 1.80. The maximum absolute atomic E-state index is 13.9. The van der Waals surface area contributed by atoms with Crippen molar-refractivity contribution < 1.29 is 4.79 Å². The molecule has 0 N–H and O–H groups in total. The molecule has 3 heteroatoms. The molecule has 1 spiro atoms. The standard InChI is InChI=1S/C24H28N2O/c1-4-15-25-16-14-24(22(25)18(2)3)20-12-8-9-13-21(20)26(23(24)27)17-19-10-6-5-7-11-19/h4-13,18,22H,1,14-17H2,2-3H3/t22-,24+/m1/s1. The van der Waals surface area contributed by atoms with E-state index >= 15 is 0 Å². The molecule has 27 heavy (non-hydrogen) atoms. The second kappa shape index (κ2) is 6.97. The maximum Gasteiger partial charge on any atom is 0.239 e. The van der Waals surface area contributed by atoms with Crippen LogP contribution in [0.2, 0.25) is 0 Å². The summed E-state index contributed by atoms with van der Waals surface area (Å²) in [6.45, 7) is 10.8. The largest absolute Gasteiger partial charge is 0.307 e. The van der Waals surface area contributed by atoms with E-state index in [2.05, 4.69) is 55.7 Å². The molecule has 0 radical (unpaired) electrons. The zero-order valence-corrected chi connectivity index (χ0v) is 16.3. The molecule has 140 valence electrons. The van der Waals surface area contributed by atoms with Crippen LogP contribution < -0.4 is 4.90 Å². The zero-order valence-electron chi connectivity index (χ0n) is 16.3. The summed E-state index contributed by atoms with van der Waals surface area (Å²) < 4.78 is 0. The molecule has 0 aliphatic carbocycles. The minimum atomic E-state index is -0.442. The summed E-state index contributed by atoms with van der Waals surface area (Å²) >= 11 is 0. The van der Waals surface area contributed by atoms with Crippen LogP contribution in [-0.4, -0.2) is 29.9 Å². The summed E-state index contributed by atoms with van der Waals surface area (Å²) in [7, 11) is 0. The minimum absolute atomic E-state index is 0.199. The number of carbonyl (C=O) groups is 1. The van der Waals surface area contributed by atoms with Crippen molar-refractivity contribution in [3.05, 3.63) is 78.4 Å². The van der Waals surface area contributed by atoms with Crippen molar-refractivity contribution in [1.29, 1.82) is 0 Å². The molecular formula is C24H28N2O. The highest BCUT2D eigenvalue weighted by Crippen LogP contribution is 2.52. The lowest BCUT2D eigenvalue weighted by molar-refractivity contribution is -0.124. The molecule has 3 nitrogen and oxygen atoms in total. The van der Waals surface area contributed by atoms with Gasteiger partial charge in [0.25, 0.3) is 0 Å². The molecule has 0 aromatic heterocycles. The van der Waals surface area contributed by atoms with Crippen LogP contribution >= 0.6 is 0 Å². The Morgan fingerprint density at radius 2 is 1.85 bits per heavy atom. The van der Waals surface area contributed by atoms with Gasteiger partial charge >= 0.3 is 0 Å². The molecule has 4 rings (SSSR count). The number of carbonyl (C=O) groups excluding carboxylic acids is 1. The lowest BCUT2D eigenvalue weighted by Gasteiger charge is -2.37. The summed E-state index contributed by atoms with van der Waals surface area (Å²) in [4.78, 5) is 18.4. The molecule has 1 fully saturated rings. The summed E-state index contributed by atoms with van der Waals surface area (Å²) in [6, 6.07) is 18.9. The first-order valence-electron chi connectivity index (χ1n) is 9.90. The Morgan fingerprint density at radius 3 is 2.56 bits per heavy atom. The van der Waals surface area contributed by atoms with Gasteiger partial charge in [-0.3, -0.25) is 9.69 Å². The van der Waals surface area contributed by atoms with Gasteiger partial charge in [-0.2, -0.15) is 0 Å². The van der Waals surface area contributed by atoms with E-state index in [0.717, 1.165) is 25.2 Å². The molecule has 0 saturated carbocycles. The highest BCUT2D eigenvalue weighted by molar-refractivity contribution is 6.09. The number of anilines is 1. The summed E-state index contributed by atoms with van der Waals surface area (Å²) in [6.07, 6.45) is 2.84. The molecule has 0 bridgehead atoms. The molecule has 0 unspecified atom stereocenters. The second-order valence-electron chi connectivity index (χ2n) is 8.09. The molecular weight excluding hydrogens is 332 g/mol. The van der Waals surface area contributed by atoms with Crippen molar-refractivity contribution in [2.24, 2.45) is 5.92 Å². The quantitative estimate of drug-likeness (QED) is 0.739. The van der Waals surface area contributed by atoms with Gasteiger partial charge in [-0.05, 0) is 29.5 Å². The zero-order chi connectivity index (χ0) is 19.0. The number of para-hydroxylation sites is 1. The van der Waals surface area contributed by atoms with E-state index in [0.29, 0.717) is 12.5 Å². The van der Waals surface area contributed by atoms with E-state index in [9.17, 15) is 4.79 Å². The Bertz CT molecular complexity index is 844. The molecule has 1 amide bonds. The van der Waals surface area contributed by atoms with Gasteiger partial charge in [-0.25, -0.2) is 0 Å². The average Bonchev–Trinajstić information content (AvgIpc) is 3.16. The molecule has 2 heterocycles. The second-order valence-corrected chi connectivity index (χ2v) is 8.09. The third kappa shape index (κ3) is 2.72. The Hall–Kier alpha value is -2.39. The molecule has 2 aliphatic heterocycles. The van der Waals surface area contributed by atoms with Crippen molar-refractivity contribution in [2.45, 2.75) is 38.3 Å². The van der Waals surface area contributed by atoms with Crippen LogP contribution in [0.15, 0.2) is 67.3 Å². The number of hydrogen-bond donors (Lipinski definition) is 0. The van der Waals surface area contributed by atoms with Crippen molar-refractivity contribution in [1.82, 2.24) is 4.90 Å². The fourth-order valence-corrected chi connectivity index (χ4v) is 5.28. The van der Waals surface area contributed by atoms with E-state index in [-0.39, 0.29) is 11.9 Å². The lowest BCUT2D eigenvalue weighted by atomic mass is 9.71. The van der Waals surface area contributed by atoms with Gasteiger partial charge in [0, 0.05) is 24.8 Å². The van der Waals surface area contributed by atoms with Crippen molar-refractivity contribution in [2.75, 3.05) is 18.0 Å². The number of benzene rings is 2. The molecule has 2 aromatic carbocycles. The fraction of sp³-hybridized carbons (Fsp3) is 0.375. The van der Waals surface area contributed by atoms with Crippen molar-refractivity contribution >= 4 is 11.6 Å². The third-order valence-electron chi connectivity index (χ3n) is 6.17. The van der Waals surface area contributed by atoms with E-state index in [1.807, 2.05) is 35.2 Å². The monoisotopic (exact) mass is 360 g/mol. The Morgan fingerprint density at radius 1 is 1.15 bits per heavy atom. The van der Waals surface area contributed by atoms with Crippen LogP contribution in [0.25, 0.3) is 0 Å². The Labute approximate surface area is 162 Å². The number of amides is 1. The lowest BCUT2D eigenvalue weighted by Crippen LogP contribution is -2.51. The minimum Gasteiger partial charge on any atom is -0.307 e. The van der Waals surface area contributed by atoms with Crippen molar-refractivity contribution in [3.63, 3.8) is 0 Å².